The fraction of sp³-hybridized carbons (Fsp3) is 0.517. The average molecular weight is 1770 g/mol. The van der Waals surface area contributed by atoms with Crippen molar-refractivity contribution in [2.75, 3.05) is 19.6 Å². The number of aliphatic carboxylic acids is 2. The first-order valence-electron chi connectivity index (χ1n) is 43.1. The van der Waals surface area contributed by atoms with E-state index in [9.17, 15) is 93.0 Å². The minimum atomic E-state index is -1.93. The molecule has 2 aliphatic rings. The van der Waals surface area contributed by atoms with Gasteiger partial charge in [-0.2, -0.15) is 0 Å². The van der Waals surface area contributed by atoms with Gasteiger partial charge in [-0.3, -0.25) is 67.1 Å². The number of unbranched alkanes of at least 4 members (excludes halogenated alkanes) is 1. The molecule has 690 valence electrons. The number of para-hydroxylation sites is 2. The number of benzene rings is 4. The molecule has 4 heterocycles. The Labute approximate surface area is 735 Å². The number of aromatic nitrogens is 2. The van der Waals surface area contributed by atoms with Crippen LogP contribution in [0.1, 0.15) is 155 Å². The molecule has 16 atom stereocenters. The lowest BCUT2D eigenvalue weighted by atomic mass is 9.98. The Bertz CT molecular complexity index is 4840. The van der Waals surface area contributed by atoms with E-state index in [1.807, 2.05) is 13.8 Å². The number of hydrogen-bond acceptors (Lipinski definition) is 21. The molecule has 2 saturated heterocycles. The summed E-state index contributed by atoms with van der Waals surface area (Å²) in [6.45, 7) is 14.5. The van der Waals surface area contributed by atoms with Crippen molar-refractivity contribution in [2.24, 2.45) is 29.2 Å². The number of nitrogens with one attached hydrogen (secondary N) is 13. The fourth-order valence-electron chi connectivity index (χ4n) is 15.6. The quantitative estimate of drug-likeness (QED) is 0.0232. The smallest absolute Gasteiger partial charge is 0.328 e. The zero-order chi connectivity index (χ0) is 93.2. The molecule has 127 heavy (non-hydrogen) atoms. The van der Waals surface area contributed by atoms with E-state index in [0.717, 1.165) is 4.90 Å². The fourth-order valence-corrected chi connectivity index (χ4v) is 15.6. The number of H-pyrrole nitrogens is 2. The molecule has 38 heteroatoms. The zero-order valence-electron chi connectivity index (χ0n) is 72.9. The van der Waals surface area contributed by atoms with Crippen LogP contribution in [0.3, 0.4) is 0 Å². The number of carboxylic acid groups (broad SMARTS) is 2. The van der Waals surface area contributed by atoms with Crippen molar-refractivity contribution in [3.63, 3.8) is 0 Å². The molecule has 4 aromatic carbocycles. The maximum Gasteiger partial charge on any atom is 0.328 e. The van der Waals surface area contributed by atoms with Gasteiger partial charge in [0.05, 0.1) is 24.7 Å². The summed E-state index contributed by atoms with van der Waals surface area (Å²) in [6, 6.07) is 4.81. The van der Waals surface area contributed by atoms with Crippen LogP contribution in [0.25, 0.3) is 21.8 Å². The van der Waals surface area contributed by atoms with Crippen molar-refractivity contribution < 1.29 is 103 Å². The highest BCUT2D eigenvalue weighted by atomic mass is 16.4. The number of carbonyl (C=O) groups excluding carboxylic acids is 13. The van der Waals surface area contributed by atoms with Gasteiger partial charge in [-0.1, -0.05) is 102 Å². The number of likely N-dealkylation sites (tertiary alicyclic amines) is 2. The number of phenols is 2. The summed E-state index contributed by atoms with van der Waals surface area (Å²) >= 11 is 0. The topological polar surface area (TPSA) is 600 Å². The zero-order valence-corrected chi connectivity index (χ0v) is 72.9. The number of nitrogens with zero attached hydrogens (tertiary/aromatic N) is 2. The van der Waals surface area contributed by atoms with Crippen molar-refractivity contribution in [1.29, 1.82) is 0 Å². The normalized spacial score (nSPS) is 17.2. The van der Waals surface area contributed by atoms with E-state index < -0.39 is 192 Å². The molecule has 0 saturated carbocycles. The van der Waals surface area contributed by atoms with E-state index in [1.54, 1.807) is 88.6 Å². The van der Waals surface area contributed by atoms with Gasteiger partial charge in [0.1, 0.15) is 84.0 Å². The largest absolute Gasteiger partial charge is 0.508 e. The van der Waals surface area contributed by atoms with E-state index in [1.165, 1.54) is 74.2 Å². The molecular weight excluding hydrogens is 1640 g/mol. The second kappa shape index (κ2) is 47.1. The van der Waals surface area contributed by atoms with E-state index >= 15 is 9.59 Å². The van der Waals surface area contributed by atoms with Crippen molar-refractivity contribution in [3.8, 4) is 11.5 Å². The Morgan fingerprint density at radius 1 is 0.409 bits per heavy atom. The molecule has 2 aliphatic heterocycles. The van der Waals surface area contributed by atoms with Crippen LogP contribution in [0.15, 0.2) is 109 Å². The molecule has 2 fully saturated rings. The third kappa shape index (κ3) is 29.0. The van der Waals surface area contributed by atoms with E-state index in [-0.39, 0.29) is 126 Å². The highest BCUT2D eigenvalue weighted by molar-refractivity contribution is 6.02. The summed E-state index contributed by atoms with van der Waals surface area (Å²) in [6.07, 6.45) is -0.822. The summed E-state index contributed by atoms with van der Waals surface area (Å²) in [7, 11) is 0. The summed E-state index contributed by atoms with van der Waals surface area (Å²) in [5, 5.41) is 92.3. The number of aliphatic hydroxyl groups excluding tert-OH is 2. The Morgan fingerprint density at radius 2 is 0.772 bits per heavy atom. The van der Waals surface area contributed by atoms with Gasteiger partial charge < -0.3 is 120 Å². The molecule has 0 unspecified atom stereocenters. The SMILES string of the molecule is CC(C)C[C@H](NC(=O)[C@H](CCCCN)NC(=O)[C@@H](NC(=O)[C@H](CC(C)C)NC(=O)[C@@H]1CCCN1C(=O)[C@H](CC(=O)O)NC(=O)[C@H](Cc1ccc(O)cc1)NC(=O)[C@H](Cc1c[nH]c2ccccc12)NC(=O)[C@H](Cc1ccc(O)cc1)NC(=O)[C@H](C)N)[C@@H](C)O)C(=O)N[C@@H](Cc1c[nH]c2ccccc12)C(=O)N[C@@H](CC(C)C)C(=O)N1CCC[C@H]1C(=O)N[C@H](C(=O)O)[C@@H](C)O. The van der Waals surface area contributed by atoms with Crippen LogP contribution in [-0.4, -0.2) is 256 Å². The lowest BCUT2D eigenvalue weighted by Crippen LogP contribution is -2.62. The van der Waals surface area contributed by atoms with Crippen LogP contribution in [0.5, 0.6) is 11.5 Å². The molecule has 0 spiro atoms. The van der Waals surface area contributed by atoms with Gasteiger partial charge in [-0.25, -0.2) is 4.79 Å². The summed E-state index contributed by atoms with van der Waals surface area (Å²) in [5.74, 6) is -15.9. The molecule has 8 rings (SSSR count). The molecule has 38 nitrogen and oxygen atoms in total. The van der Waals surface area contributed by atoms with Gasteiger partial charge in [-0.05, 0) is 168 Å². The number of carbonyl (C=O) groups is 15. The lowest BCUT2D eigenvalue weighted by molar-refractivity contribution is -0.147. The Balaban J connectivity index is 0.987. The minimum Gasteiger partial charge on any atom is -0.508 e. The van der Waals surface area contributed by atoms with E-state index in [2.05, 4.69) is 68.5 Å². The Morgan fingerprint density at radius 3 is 1.20 bits per heavy atom. The molecule has 0 bridgehead atoms. The number of amides is 13. The molecule has 0 aliphatic carbocycles. The predicted molar refractivity (Wildman–Crippen MR) is 467 cm³/mol. The van der Waals surface area contributed by atoms with E-state index in [4.69, 9.17) is 11.5 Å². The molecule has 13 amide bonds. The number of aromatic amines is 2. The standard InChI is InChI=1S/C89H123N17O21/c1-46(2)36-63(78(115)98-68(42-55-45-93-61-21-13-11-19-59(55)61)82(119)101-69(38-48(5)6)87(124)106-35-17-24-72(106)85(122)104-75(51(9)108)89(126)127)96-77(114)62(22-14-15-33-90)94-86(123)74(50(8)107)103-83(120)64(37-47(3)4)100-84(121)71-23-16-34-105(71)88(125)70(43-73(111)112)102-80(117)66(40-53-27-31-57(110)32-28-53)97-81(118)67(41-54-44-92-60-20-12-10-18-58(54)60)99-79(116)65(95-76(113)49(7)91)39-52-25-29-56(109)30-26-52/h10-13,18-21,25-32,44-51,62-72,74-75,92-93,107-110H,14-17,22-24,33-43,90-91H2,1-9H3,(H,94,123)(H,95,113)(H,96,114)(H,97,118)(H,98,115)(H,99,116)(H,100,121)(H,101,119)(H,102,117)(H,103,120)(H,104,122)(H,111,112)(H,126,127)/t49-,50+,51+,62-,63-,64-,65-,66-,67-,68-,69-,70-,71-,72-,74-,75-/m0/s1. The van der Waals surface area contributed by atoms with Gasteiger partial charge in [-0.15, -0.1) is 0 Å². The molecule has 0 radical (unpaired) electrons. The number of rotatable bonds is 47. The van der Waals surface area contributed by atoms with Crippen molar-refractivity contribution in [3.05, 3.63) is 132 Å². The molecule has 23 N–H and O–H groups in total. The number of phenolic OH excluding ortho intramolecular Hbond substituents is 2. The third-order valence-corrected chi connectivity index (χ3v) is 22.3. The maximum atomic E-state index is 15.1. The lowest BCUT2D eigenvalue weighted by Gasteiger charge is -2.32. The van der Waals surface area contributed by atoms with Crippen molar-refractivity contribution >= 4 is 111 Å². The maximum absolute atomic E-state index is 15.1. The van der Waals surface area contributed by atoms with E-state index in [0.29, 0.717) is 56.9 Å². The van der Waals surface area contributed by atoms with Crippen molar-refractivity contribution in [2.45, 2.75) is 255 Å². The monoisotopic (exact) mass is 1770 g/mol. The van der Waals surface area contributed by atoms with Gasteiger partial charge in [0.25, 0.3) is 0 Å². The second-order valence-corrected chi connectivity index (χ2v) is 34.1. The van der Waals surface area contributed by atoms with Crippen molar-refractivity contribution in [1.82, 2.24) is 78.3 Å². The first-order valence-corrected chi connectivity index (χ1v) is 43.1. The van der Waals surface area contributed by atoms with Crippen LogP contribution in [0.4, 0.5) is 0 Å². The first-order chi connectivity index (χ1) is 60.2. The average Bonchev–Trinajstić information content (AvgIpc) is 1.73. The number of carboxylic acids is 2. The Hall–Kier alpha value is -12.5. The summed E-state index contributed by atoms with van der Waals surface area (Å²) in [4.78, 5) is 223. The first kappa shape index (κ1) is 99.9. The van der Waals surface area contributed by atoms with Gasteiger partial charge in [0, 0.05) is 73.0 Å². The Kier molecular flexibility index (Phi) is 37.1. The molecule has 2 aromatic heterocycles. The van der Waals surface area contributed by atoms with Crippen LogP contribution < -0.4 is 70.0 Å². The van der Waals surface area contributed by atoms with Gasteiger partial charge in [0.15, 0.2) is 6.04 Å². The number of aromatic hydroxyl groups is 2. The summed E-state index contributed by atoms with van der Waals surface area (Å²) < 4.78 is 0. The third-order valence-electron chi connectivity index (χ3n) is 22.3. The van der Waals surface area contributed by atoms with Crippen LogP contribution in [0, 0.1) is 17.8 Å². The molecular formula is C89H123N17O21. The van der Waals surface area contributed by atoms with Gasteiger partial charge in [0.2, 0.25) is 76.8 Å². The highest BCUT2D eigenvalue weighted by Crippen LogP contribution is 2.27. The number of fused-ring (bicyclic) bond motifs is 2. The highest BCUT2D eigenvalue weighted by Gasteiger charge is 2.45. The minimum absolute atomic E-state index is 0.0343. The van der Waals surface area contributed by atoms with Crippen LogP contribution in [0.2, 0.25) is 0 Å². The van der Waals surface area contributed by atoms with Gasteiger partial charge >= 0.3 is 11.9 Å². The number of hydrogen-bond donors (Lipinski definition) is 21. The number of nitrogens with two attached hydrogens (primary N) is 2. The van der Waals surface area contributed by atoms with Crippen LogP contribution >= 0.6 is 0 Å². The molecule has 6 aromatic rings. The predicted octanol–water partition coefficient (Wildman–Crippen LogP) is 0.581. The summed E-state index contributed by atoms with van der Waals surface area (Å²) in [5.41, 5.74) is 15.2. The second-order valence-electron chi connectivity index (χ2n) is 34.1. The van der Waals surface area contributed by atoms with Crippen LogP contribution in [-0.2, 0) is 97.6 Å². The number of aliphatic hydroxyl groups is 2.